The van der Waals surface area contributed by atoms with Gasteiger partial charge in [0.05, 0.1) is 23.1 Å². The second-order valence-corrected chi connectivity index (χ2v) is 5.46. The van der Waals surface area contributed by atoms with Crippen LogP contribution in [0.25, 0.3) is 0 Å². The maximum atomic E-state index is 12.2. The van der Waals surface area contributed by atoms with Crippen molar-refractivity contribution in [3.63, 3.8) is 0 Å². The van der Waals surface area contributed by atoms with E-state index in [1.807, 2.05) is 13.8 Å². The highest BCUT2D eigenvalue weighted by Gasteiger charge is 2.34. The van der Waals surface area contributed by atoms with Gasteiger partial charge in [0, 0.05) is 7.05 Å². The predicted molar refractivity (Wildman–Crippen MR) is 69.0 cm³/mol. The minimum absolute atomic E-state index is 0.0574. The maximum absolute atomic E-state index is 12.2. The van der Waals surface area contributed by atoms with Gasteiger partial charge in [-0.25, -0.2) is 0 Å². The van der Waals surface area contributed by atoms with E-state index in [4.69, 9.17) is 18.0 Å². The molecule has 1 atom stereocenters. The third-order valence-corrected chi connectivity index (χ3v) is 3.12. The van der Waals surface area contributed by atoms with Gasteiger partial charge in [-0.2, -0.15) is 0 Å². The van der Waals surface area contributed by atoms with Crippen LogP contribution in [-0.4, -0.2) is 40.1 Å². The Balaban J connectivity index is 4.96. The summed E-state index contributed by atoms with van der Waals surface area (Å²) < 4.78 is 0. The largest absolute Gasteiger partial charge is 0.394 e. The molecule has 0 aromatic heterocycles. The molecule has 0 bridgehead atoms. The first-order chi connectivity index (χ1) is 7.15. The molecular formula is C11H22N2O2S. The number of nitrogens with two attached hydrogens (primary N) is 1. The van der Waals surface area contributed by atoms with Crippen LogP contribution in [0.3, 0.4) is 0 Å². The van der Waals surface area contributed by atoms with Crippen molar-refractivity contribution in [2.24, 2.45) is 17.6 Å². The standard InChI is InChI=1S/C11H22N2O2S/c1-7(2)8(9(12)16)10(15)13(5)11(3,4)6-14/h7-8,14H,6H2,1-5H3,(H2,12,16). The Morgan fingerprint density at radius 3 is 2.19 bits per heavy atom. The first kappa shape index (κ1) is 15.3. The molecule has 3 N–H and O–H groups in total. The van der Waals surface area contributed by atoms with Crippen molar-refractivity contribution in [1.29, 1.82) is 0 Å². The van der Waals surface area contributed by atoms with Gasteiger partial charge >= 0.3 is 0 Å². The van der Waals surface area contributed by atoms with Crippen molar-refractivity contribution in [1.82, 2.24) is 4.90 Å². The van der Waals surface area contributed by atoms with Gasteiger partial charge in [-0.1, -0.05) is 26.1 Å². The summed E-state index contributed by atoms with van der Waals surface area (Å²) in [7, 11) is 1.66. The first-order valence-corrected chi connectivity index (χ1v) is 5.73. The van der Waals surface area contributed by atoms with E-state index >= 15 is 0 Å². The van der Waals surface area contributed by atoms with Crippen molar-refractivity contribution in [2.75, 3.05) is 13.7 Å². The third-order valence-electron chi connectivity index (χ3n) is 2.86. The summed E-state index contributed by atoms with van der Waals surface area (Å²) in [6, 6.07) is 0. The highest BCUT2D eigenvalue weighted by molar-refractivity contribution is 7.80. The molecule has 0 aromatic carbocycles. The Morgan fingerprint density at radius 2 is 1.94 bits per heavy atom. The number of thiocarbonyl (C=S) groups is 1. The highest BCUT2D eigenvalue weighted by atomic mass is 32.1. The van der Waals surface area contributed by atoms with E-state index in [1.165, 1.54) is 4.90 Å². The molecule has 4 nitrogen and oxygen atoms in total. The predicted octanol–water partition coefficient (Wildman–Crippen LogP) is 0.774. The van der Waals surface area contributed by atoms with Crippen molar-refractivity contribution >= 4 is 23.1 Å². The molecule has 1 unspecified atom stereocenters. The number of likely N-dealkylation sites (N-methyl/N-ethyl adjacent to an activating group) is 1. The van der Waals surface area contributed by atoms with Crippen LogP contribution in [0.2, 0.25) is 0 Å². The zero-order chi connectivity index (χ0) is 13.1. The van der Waals surface area contributed by atoms with Gasteiger partial charge in [-0.3, -0.25) is 4.79 Å². The lowest BCUT2D eigenvalue weighted by Gasteiger charge is -2.37. The number of nitrogens with zero attached hydrogens (tertiary/aromatic N) is 1. The normalized spacial score (nSPS) is 13.7. The van der Waals surface area contributed by atoms with Crippen LogP contribution < -0.4 is 5.73 Å². The van der Waals surface area contributed by atoms with Crippen molar-refractivity contribution in [3.8, 4) is 0 Å². The number of aliphatic hydroxyl groups is 1. The Kier molecular flexibility index (Phi) is 5.35. The number of hydrogen-bond acceptors (Lipinski definition) is 3. The summed E-state index contributed by atoms with van der Waals surface area (Å²) in [5.74, 6) is -0.547. The van der Waals surface area contributed by atoms with Gasteiger partial charge in [0.25, 0.3) is 0 Å². The van der Waals surface area contributed by atoms with Crippen molar-refractivity contribution in [2.45, 2.75) is 33.2 Å². The van der Waals surface area contributed by atoms with E-state index in [2.05, 4.69) is 0 Å². The fourth-order valence-electron chi connectivity index (χ4n) is 1.35. The number of rotatable bonds is 5. The molecule has 0 heterocycles. The van der Waals surface area contributed by atoms with Gasteiger partial charge in [0.2, 0.25) is 5.91 Å². The number of hydrogen-bond donors (Lipinski definition) is 2. The molecule has 1 amide bonds. The van der Waals surface area contributed by atoms with Crippen LogP contribution in [0, 0.1) is 11.8 Å². The van der Waals surface area contributed by atoms with Crippen LogP contribution in [0.1, 0.15) is 27.7 Å². The fourth-order valence-corrected chi connectivity index (χ4v) is 1.72. The molecule has 0 fully saturated rings. The summed E-state index contributed by atoms with van der Waals surface area (Å²) in [6.45, 7) is 7.30. The Labute approximate surface area is 103 Å². The summed E-state index contributed by atoms with van der Waals surface area (Å²) in [6.07, 6.45) is 0. The molecular weight excluding hydrogens is 224 g/mol. The number of carbonyl (C=O) groups excluding carboxylic acids is 1. The number of carbonyl (C=O) groups is 1. The molecule has 0 saturated heterocycles. The lowest BCUT2D eigenvalue weighted by Crippen LogP contribution is -2.52. The zero-order valence-electron chi connectivity index (χ0n) is 10.7. The quantitative estimate of drug-likeness (QED) is 0.703. The molecule has 0 saturated carbocycles. The first-order valence-electron chi connectivity index (χ1n) is 5.33. The van der Waals surface area contributed by atoms with Crippen LogP contribution in [0.15, 0.2) is 0 Å². The third kappa shape index (κ3) is 3.42. The molecule has 0 radical (unpaired) electrons. The summed E-state index contributed by atoms with van der Waals surface area (Å²) in [5, 5.41) is 9.21. The van der Waals surface area contributed by atoms with Crippen LogP contribution >= 0.6 is 12.2 Å². The van der Waals surface area contributed by atoms with Gasteiger partial charge in [-0.05, 0) is 19.8 Å². The molecule has 5 heteroatoms. The van der Waals surface area contributed by atoms with Gasteiger partial charge in [0.15, 0.2) is 0 Å². The smallest absolute Gasteiger partial charge is 0.233 e. The fraction of sp³-hybridized carbons (Fsp3) is 0.818. The van der Waals surface area contributed by atoms with E-state index in [0.717, 1.165) is 0 Å². The minimum Gasteiger partial charge on any atom is -0.394 e. The monoisotopic (exact) mass is 246 g/mol. The molecule has 0 rings (SSSR count). The molecule has 0 aliphatic carbocycles. The van der Waals surface area contributed by atoms with E-state index in [1.54, 1.807) is 20.9 Å². The molecule has 0 aliphatic heterocycles. The topological polar surface area (TPSA) is 66.6 Å². The molecule has 0 spiro atoms. The Hall–Kier alpha value is -0.680. The van der Waals surface area contributed by atoms with Gasteiger partial charge < -0.3 is 15.7 Å². The van der Waals surface area contributed by atoms with Gasteiger partial charge in [-0.15, -0.1) is 0 Å². The van der Waals surface area contributed by atoms with Crippen LogP contribution in [-0.2, 0) is 4.79 Å². The summed E-state index contributed by atoms with van der Waals surface area (Å²) >= 11 is 4.92. The van der Waals surface area contributed by atoms with Gasteiger partial charge in [0.1, 0.15) is 0 Å². The SMILES string of the molecule is CC(C)C(C(=O)N(C)C(C)(C)CO)C(N)=S. The molecule has 0 aliphatic rings. The second-order valence-electron chi connectivity index (χ2n) is 4.99. The minimum atomic E-state index is -0.602. The lowest BCUT2D eigenvalue weighted by molar-refractivity contribution is -0.139. The van der Waals surface area contributed by atoms with Crippen molar-refractivity contribution in [3.05, 3.63) is 0 Å². The molecule has 0 aromatic rings. The van der Waals surface area contributed by atoms with Crippen LogP contribution in [0.5, 0.6) is 0 Å². The van der Waals surface area contributed by atoms with Crippen molar-refractivity contribution < 1.29 is 9.90 Å². The summed E-state index contributed by atoms with van der Waals surface area (Å²) in [4.78, 5) is 13.9. The van der Waals surface area contributed by atoms with Crippen LogP contribution in [0.4, 0.5) is 0 Å². The lowest BCUT2D eigenvalue weighted by atomic mass is 9.92. The summed E-state index contributed by atoms with van der Waals surface area (Å²) in [5.41, 5.74) is 4.98. The molecule has 16 heavy (non-hydrogen) atoms. The maximum Gasteiger partial charge on any atom is 0.233 e. The van der Waals surface area contributed by atoms with E-state index in [0.29, 0.717) is 0 Å². The number of aliphatic hydroxyl groups excluding tert-OH is 1. The van der Waals surface area contributed by atoms with E-state index in [-0.39, 0.29) is 23.4 Å². The average molecular weight is 246 g/mol. The number of amides is 1. The highest BCUT2D eigenvalue weighted by Crippen LogP contribution is 2.20. The van der Waals surface area contributed by atoms with E-state index in [9.17, 15) is 9.90 Å². The Bertz CT molecular complexity index is 277. The van der Waals surface area contributed by atoms with E-state index < -0.39 is 11.5 Å². The second kappa shape index (κ2) is 5.59. The molecule has 94 valence electrons. The average Bonchev–Trinajstić information content (AvgIpc) is 2.15. The Morgan fingerprint density at radius 1 is 1.50 bits per heavy atom. The zero-order valence-corrected chi connectivity index (χ0v) is 11.5.